The Kier molecular flexibility index (Phi) is 3.93. The van der Waals surface area contributed by atoms with E-state index >= 15 is 0 Å². The minimum absolute atomic E-state index is 0.135. The van der Waals surface area contributed by atoms with Crippen molar-refractivity contribution in [2.24, 2.45) is 5.73 Å². The molecule has 0 radical (unpaired) electrons. The molecule has 88 valence electrons. The average Bonchev–Trinajstić information content (AvgIpc) is 2.78. The number of fused-ring (bicyclic) bond motifs is 1. The van der Waals surface area contributed by atoms with Gasteiger partial charge in [-0.1, -0.05) is 0 Å². The van der Waals surface area contributed by atoms with E-state index in [9.17, 15) is 0 Å². The van der Waals surface area contributed by atoms with Gasteiger partial charge in [0.2, 0.25) is 0 Å². The molecule has 0 aliphatic heterocycles. The van der Waals surface area contributed by atoms with E-state index in [-0.39, 0.29) is 6.04 Å². The number of thiazole rings is 1. The molecule has 1 atom stereocenters. The van der Waals surface area contributed by atoms with E-state index in [1.807, 2.05) is 29.1 Å². The normalized spacial score (nSPS) is 13.4. The first-order valence-electron chi connectivity index (χ1n) is 5.54. The number of rotatable bonds is 6. The first-order valence-corrected chi connectivity index (χ1v) is 6.42. The van der Waals surface area contributed by atoms with Gasteiger partial charge in [0.15, 0.2) is 4.96 Å². The fourth-order valence-electron chi connectivity index (χ4n) is 1.62. The third-order valence-corrected chi connectivity index (χ3v) is 3.22. The number of nitrogens with two attached hydrogens (primary N) is 1. The third-order valence-electron chi connectivity index (χ3n) is 2.45. The number of ether oxygens (including phenoxy) is 1. The van der Waals surface area contributed by atoms with Gasteiger partial charge in [0.05, 0.1) is 5.69 Å². The summed E-state index contributed by atoms with van der Waals surface area (Å²) < 4.78 is 7.32. The topological polar surface area (TPSA) is 52.5 Å². The Hall–Kier alpha value is -0.910. The molecule has 1 unspecified atom stereocenters. The Morgan fingerprint density at radius 2 is 2.50 bits per heavy atom. The highest BCUT2D eigenvalue weighted by Crippen LogP contribution is 2.12. The van der Waals surface area contributed by atoms with Crippen LogP contribution in [0.5, 0.6) is 0 Å². The monoisotopic (exact) mass is 239 g/mol. The zero-order chi connectivity index (χ0) is 11.4. The average molecular weight is 239 g/mol. The highest BCUT2D eigenvalue weighted by Gasteiger charge is 2.08. The Morgan fingerprint density at radius 3 is 3.25 bits per heavy atom. The van der Waals surface area contributed by atoms with Crippen LogP contribution in [0.25, 0.3) is 4.96 Å². The molecule has 2 N–H and O–H groups in total. The predicted octanol–water partition coefficient (Wildman–Crippen LogP) is 1.69. The van der Waals surface area contributed by atoms with E-state index in [0.717, 1.165) is 36.7 Å². The van der Waals surface area contributed by atoms with Crippen LogP contribution in [0.15, 0.2) is 17.8 Å². The molecule has 0 spiro atoms. The molecule has 2 rings (SSSR count). The van der Waals surface area contributed by atoms with Crippen LogP contribution in [0, 0.1) is 0 Å². The van der Waals surface area contributed by atoms with Crippen LogP contribution in [0.1, 0.15) is 19.0 Å². The lowest BCUT2D eigenvalue weighted by Crippen LogP contribution is -2.24. The van der Waals surface area contributed by atoms with Crippen molar-refractivity contribution in [3.63, 3.8) is 0 Å². The summed E-state index contributed by atoms with van der Waals surface area (Å²) in [6, 6.07) is 0.135. The second kappa shape index (κ2) is 5.43. The molecule has 2 heterocycles. The van der Waals surface area contributed by atoms with Gasteiger partial charge in [-0.25, -0.2) is 4.98 Å². The van der Waals surface area contributed by atoms with Gasteiger partial charge in [0.25, 0.3) is 0 Å². The molecule has 0 fully saturated rings. The van der Waals surface area contributed by atoms with E-state index in [0.29, 0.717) is 0 Å². The van der Waals surface area contributed by atoms with Crippen LogP contribution in [0.2, 0.25) is 0 Å². The molecule has 2 aromatic rings. The summed E-state index contributed by atoms with van der Waals surface area (Å²) in [5, 5.41) is 2.03. The van der Waals surface area contributed by atoms with Crippen molar-refractivity contribution in [2.75, 3.05) is 13.2 Å². The van der Waals surface area contributed by atoms with Crippen molar-refractivity contribution in [2.45, 2.75) is 25.8 Å². The minimum atomic E-state index is 0.135. The van der Waals surface area contributed by atoms with Gasteiger partial charge >= 0.3 is 0 Å². The van der Waals surface area contributed by atoms with Crippen molar-refractivity contribution in [1.82, 2.24) is 9.38 Å². The van der Waals surface area contributed by atoms with Crippen LogP contribution in [0.3, 0.4) is 0 Å². The van der Waals surface area contributed by atoms with Gasteiger partial charge in [-0.05, 0) is 13.3 Å². The van der Waals surface area contributed by atoms with Gasteiger partial charge in [-0.3, -0.25) is 4.40 Å². The molecule has 0 bridgehead atoms. The zero-order valence-corrected chi connectivity index (χ0v) is 10.2. The highest BCUT2D eigenvalue weighted by atomic mass is 32.1. The fraction of sp³-hybridized carbons (Fsp3) is 0.545. The molecule has 0 saturated heterocycles. The van der Waals surface area contributed by atoms with Crippen LogP contribution < -0.4 is 5.73 Å². The molecule has 16 heavy (non-hydrogen) atoms. The lowest BCUT2D eigenvalue weighted by atomic mass is 10.1. The van der Waals surface area contributed by atoms with Crippen LogP contribution in [-0.4, -0.2) is 28.6 Å². The summed E-state index contributed by atoms with van der Waals surface area (Å²) in [6.45, 7) is 3.49. The summed E-state index contributed by atoms with van der Waals surface area (Å²) in [7, 11) is 0. The van der Waals surface area contributed by atoms with Gasteiger partial charge in [-0.15, -0.1) is 11.3 Å². The first kappa shape index (κ1) is 11.6. The number of imidazole rings is 1. The van der Waals surface area contributed by atoms with Crippen molar-refractivity contribution < 1.29 is 4.74 Å². The molecule has 0 amide bonds. The summed E-state index contributed by atoms with van der Waals surface area (Å²) in [6.07, 6.45) is 5.77. The van der Waals surface area contributed by atoms with Crippen LogP contribution >= 0.6 is 11.3 Å². The molecule has 0 aromatic carbocycles. The maximum Gasteiger partial charge on any atom is 0.193 e. The maximum atomic E-state index is 6.01. The molecule has 5 heteroatoms. The lowest BCUT2D eigenvalue weighted by molar-refractivity contribution is 0.140. The van der Waals surface area contributed by atoms with E-state index < -0.39 is 0 Å². The number of hydrogen-bond acceptors (Lipinski definition) is 4. The van der Waals surface area contributed by atoms with Gasteiger partial charge < -0.3 is 10.5 Å². The predicted molar refractivity (Wildman–Crippen MR) is 65.9 cm³/mol. The van der Waals surface area contributed by atoms with Crippen molar-refractivity contribution in [3.8, 4) is 0 Å². The SMILES string of the molecule is CCOCCC(N)Cc1cn2ccsc2n1. The molecule has 0 aliphatic carbocycles. The molecular formula is C11H17N3OS. The van der Waals surface area contributed by atoms with E-state index in [1.165, 1.54) is 0 Å². The largest absolute Gasteiger partial charge is 0.382 e. The summed E-state index contributed by atoms with van der Waals surface area (Å²) in [5.74, 6) is 0. The van der Waals surface area contributed by atoms with Crippen LogP contribution in [-0.2, 0) is 11.2 Å². The molecular weight excluding hydrogens is 222 g/mol. The second-order valence-corrected chi connectivity index (χ2v) is 4.65. The zero-order valence-electron chi connectivity index (χ0n) is 9.43. The first-order chi connectivity index (χ1) is 7.79. The summed E-state index contributed by atoms with van der Waals surface area (Å²) in [4.78, 5) is 5.54. The third kappa shape index (κ3) is 2.81. The van der Waals surface area contributed by atoms with Gasteiger partial charge in [0, 0.05) is 43.5 Å². The smallest absolute Gasteiger partial charge is 0.193 e. The Labute approximate surface area is 99.1 Å². The van der Waals surface area contributed by atoms with Gasteiger partial charge in [0.1, 0.15) is 0 Å². The van der Waals surface area contributed by atoms with E-state index in [2.05, 4.69) is 4.98 Å². The molecule has 4 nitrogen and oxygen atoms in total. The number of hydrogen-bond donors (Lipinski definition) is 1. The second-order valence-electron chi connectivity index (χ2n) is 3.77. The molecule has 0 aliphatic rings. The lowest BCUT2D eigenvalue weighted by Gasteiger charge is -2.09. The van der Waals surface area contributed by atoms with Crippen molar-refractivity contribution in [1.29, 1.82) is 0 Å². The van der Waals surface area contributed by atoms with E-state index in [4.69, 9.17) is 10.5 Å². The number of nitrogens with zero attached hydrogens (tertiary/aromatic N) is 2. The summed E-state index contributed by atoms with van der Waals surface area (Å²) >= 11 is 1.64. The molecule has 2 aromatic heterocycles. The Morgan fingerprint density at radius 1 is 1.62 bits per heavy atom. The minimum Gasteiger partial charge on any atom is -0.382 e. The van der Waals surface area contributed by atoms with Crippen LogP contribution in [0.4, 0.5) is 0 Å². The summed E-state index contributed by atoms with van der Waals surface area (Å²) in [5.41, 5.74) is 7.08. The Bertz CT molecular complexity index is 409. The Balaban J connectivity index is 1.86. The maximum absolute atomic E-state index is 6.01. The van der Waals surface area contributed by atoms with Crippen molar-refractivity contribution in [3.05, 3.63) is 23.5 Å². The highest BCUT2D eigenvalue weighted by molar-refractivity contribution is 7.15. The quantitative estimate of drug-likeness (QED) is 0.780. The van der Waals surface area contributed by atoms with Crippen molar-refractivity contribution >= 4 is 16.3 Å². The molecule has 0 saturated carbocycles. The number of aromatic nitrogens is 2. The van der Waals surface area contributed by atoms with E-state index in [1.54, 1.807) is 11.3 Å². The standard InChI is InChI=1S/C11H17N3OS/c1-2-15-5-3-9(12)7-10-8-14-4-6-16-11(14)13-10/h4,6,8-9H,2-3,5,7,12H2,1H3. The van der Waals surface area contributed by atoms with Gasteiger partial charge in [-0.2, -0.15) is 0 Å². The fourth-order valence-corrected chi connectivity index (χ4v) is 2.34.